The van der Waals surface area contributed by atoms with E-state index in [1.807, 2.05) is 24.3 Å². The number of fused-ring (bicyclic) bond motifs is 3. The van der Waals surface area contributed by atoms with E-state index in [-0.39, 0.29) is 30.5 Å². The van der Waals surface area contributed by atoms with Crippen molar-refractivity contribution in [2.45, 2.75) is 12.3 Å². The number of hydrogen-bond acceptors (Lipinski definition) is 7. The fraction of sp³-hybridized carbons (Fsp3) is 0.409. The van der Waals surface area contributed by atoms with Gasteiger partial charge in [-0.1, -0.05) is 0 Å². The molecule has 2 unspecified atom stereocenters. The van der Waals surface area contributed by atoms with Crippen LogP contribution >= 0.6 is 0 Å². The standard InChI is InChI=1S/C22H22O7/c1-24-17-6-12(7-18(25-2)21(17)26-3)19-14-8-16-15(28-10-29-16)5-11(14)4-13-9-27-22(23)20(13)19/h5-8,13,19-20H,4,9-10H2,1-3H3/t13-,19?,20?/m0/s1. The van der Waals surface area contributed by atoms with Crippen LogP contribution in [-0.4, -0.2) is 40.7 Å². The normalized spacial score (nSPS) is 23.8. The SMILES string of the molecule is COc1cc(C2c3cc4c(cc3C[C@H]3COC(=O)C23)OCO4)cc(OC)c1OC. The predicted octanol–water partition coefficient (Wildman–Crippen LogP) is 2.92. The highest BCUT2D eigenvalue weighted by atomic mass is 16.7. The molecule has 152 valence electrons. The molecule has 7 heteroatoms. The van der Waals surface area contributed by atoms with E-state index in [1.165, 1.54) is 0 Å². The van der Waals surface area contributed by atoms with E-state index in [1.54, 1.807) is 21.3 Å². The zero-order valence-corrected chi connectivity index (χ0v) is 16.5. The van der Waals surface area contributed by atoms with Crippen LogP contribution in [0.3, 0.4) is 0 Å². The minimum atomic E-state index is -0.273. The van der Waals surface area contributed by atoms with Gasteiger partial charge in [-0.15, -0.1) is 0 Å². The van der Waals surface area contributed by atoms with Gasteiger partial charge >= 0.3 is 5.97 Å². The first kappa shape index (κ1) is 18.0. The third-order valence-electron chi connectivity index (χ3n) is 6.08. The molecular formula is C22H22O7. The molecule has 0 radical (unpaired) electrons. The van der Waals surface area contributed by atoms with Crippen LogP contribution in [0.25, 0.3) is 0 Å². The quantitative estimate of drug-likeness (QED) is 0.733. The Balaban J connectivity index is 1.71. The Morgan fingerprint density at radius 1 is 0.897 bits per heavy atom. The molecule has 1 fully saturated rings. The lowest BCUT2D eigenvalue weighted by Crippen LogP contribution is -2.31. The van der Waals surface area contributed by atoms with E-state index in [4.69, 9.17) is 28.4 Å². The number of methoxy groups -OCH3 is 3. The monoisotopic (exact) mass is 398 g/mol. The van der Waals surface area contributed by atoms with Gasteiger partial charge in [0.25, 0.3) is 0 Å². The maximum Gasteiger partial charge on any atom is 0.310 e. The van der Waals surface area contributed by atoms with E-state index < -0.39 is 0 Å². The first-order chi connectivity index (χ1) is 14.1. The van der Waals surface area contributed by atoms with Gasteiger partial charge in [-0.25, -0.2) is 0 Å². The molecule has 0 spiro atoms. The Morgan fingerprint density at radius 2 is 1.59 bits per heavy atom. The third kappa shape index (κ3) is 2.68. The van der Waals surface area contributed by atoms with Crippen molar-refractivity contribution < 1.29 is 33.2 Å². The molecule has 1 saturated heterocycles. The number of carbonyl (C=O) groups excluding carboxylic acids is 1. The Bertz CT molecular complexity index is 958. The summed E-state index contributed by atoms with van der Waals surface area (Å²) in [5.41, 5.74) is 3.10. The number of ether oxygens (including phenoxy) is 6. The van der Waals surface area contributed by atoms with Gasteiger partial charge in [0, 0.05) is 11.8 Å². The molecule has 5 rings (SSSR count). The molecule has 0 N–H and O–H groups in total. The lowest BCUT2D eigenvalue weighted by atomic mass is 9.67. The summed E-state index contributed by atoms with van der Waals surface area (Å²) in [4.78, 5) is 12.7. The summed E-state index contributed by atoms with van der Waals surface area (Å²) in [7, 11) is 4.74. The van der Waals surface area contributed by atoms with Crippen molar-refractivity contribution in [1.82, 2.24) is 0 Å². The summed E-state index contributed by atoms with van der Waals surface area (Å²) in [6.07, 6.45) is 0.767. The molecular weight excluding hydrogens is 376 g/mol. The highest BCUT2D eigenvalue weighted by Crippen LogP contribution is 2.52. The lowest BCUT2D eigenvalue weighted by Gasteiger charge is -2.34. The van der Waals surface area contributed by atoms with Crippen molar-refractivity contribution in [3.05, 3.63) is 41.0 Å². The van der Waals surface area contributed by atoms with Crippen molar-refractivity contribution in [1.29, 1.82) is 0 Å². The molecule has 2 heterocycles. The number of benzene rings is 2. The fourth-order valence-corrected chi connectivity index (χ4v) is 4.79. The number of hydrogen-bond donors (Lipinski definition) is 0. The molecule has 0 bridgehead atoms. The Labute approximate surface area is 168 Å². The summed E-state index contributed by atoms with van der Waals surface area (Å²) in [5.74, 6) is 2.53. The molecule has 2 aromatic carbocycles. The van der Waals surface area contributed by atoms with Crippen LogP contribution in [0.5, 0.6) is 28.7 Å². The second kappa shape index (κ2) is 6.76. The van der Waals surface area contributed by atoms with Crippen LogP contribution in [-0.2, 0) is 16.0 Å². The Morgan fingerprint density at radius 3 is 2.24 bits per heavy atom. The minimum Gasteiger partial charge on any atom is -0.493 e. The van der Waals surface area contributed by atoms with Crippen LogP contribution in [0.2, 0.25) is 0 Å². The average molecular weight is 398 g/mol. The topological polar surface area (TPSA) is 72.5 Å². The summed E-state index contributed by atoms with van der Waals surface area (Å²) in [5, 5.41) is 0. The predicted molar refractivity (Wildman–Crippen MR) is 102 cm³/mol. The second-order valence-corrected chi connectivity index (χ2v) is 7.46. The zero-order valence-electron chi connectivity index (χ0n) is 16.5. The van der Waals surface area contributed by atoms with Gasteiger partial charge in [0.1, 0.15) is 0 Å². The highest BCUT2D eigenvalue weighted by Gasteiger charge is 2.48. The minimum absolute atomic E-state index is 0.111. The van der Waals surface area contributed by atoms with Crippen LogP contribution in [0.4, 0.5) is 0 Å². The van der Waals surface area contributed by atoms with E-state index >= 15 is 0 Å². The van der Waals surface area contributed by atoms with Gasteiger partial charge < -0.3 is 28.4 Å². The van der Waals surface area contributed by atoms with Crippen LogP contribution in [0.1, 0.15) is 22.6 Å². The molecule has 7 nitrogen and oxygen atoms in total. The molecule has 3 atom stereocenters. The molecule has 3 aliphatic rings. The van der Waals surface area contributed by atoms with Gasteiger partial charge in [-0.2, -0.15) is 0 Å². The largest absolute Gasteiger partial charge is 0.493 e. The van der Waals surface area contributed by atoms with Crippen molar-refractivity contribution in [2.24, 2.45) is 11.8 Å². The van der Waals surface area contributed by atoms with E-state index in [9.17, 15) is 4.79 Å². The number of rotatable bonds is 4. The summed E-state index contributed by atoms with van der Waals surface area (Å²) in [6, 6.07) is 7.84. The summed E-state index contributed by atoms with van der Waals surface area (Å²) >= 11 is 0. The van der Waals surface area contributed by atoms with E-state index in [2.05, 4.69) is 0 Å². The molecule has 0 saturated carbocycles. The van der Waals surface area contributed by atoms with Crippen molar-refractivity contribution >= 4 is 5.97 Å². The maximum absolute atomic E-state index is 12.7. The fourth-order valence-electron chi connectivity index (χ4n) is 4.79. The van der Waals surface area contributed by atoms with Gasteiger partial charge in [0.05, 0.1) is 33.9 Å². The van der Waals surface area contributed by atoms with Crippen molar-refractivity contribution in [3.63, 3.8) is 0 Å². The molecule has 0 amide bonds. The Kier molecular flexibility index (Phi) is 4.19. The first-order valence-electron chi connectivity index (χ1n) is 9.53. The number of esters is 1. The van der Waals surface area contributed by atoms with E-state index in [0.29, 0.717) is 29.6 Å². The van der Waals surface area contributed by atoms with E-state index in [0.717, 1.165) is 28.9 Å². The van der Waals surface area contributed by atoms with Crippen LogP contribution < -0.4 is 23.7 Å². The van der Waals surface area contributed by atoms with Crippen LogP contribution in [0.15, 0.2) is 24.3 Å². The van der Waals surface area contributed by atoms with Gasteiger partial charge in [0.2, 0.25) is 12.5 Å². The van der Waals surface area contributed by atoms with Gasteiger partial charge in [0.15, 0.2) is 23.0 Å². The molecule has 2 aromatic rings. The number of cyclic esters (lactones) is 1. The third-order valence-corrected chi connectivity index (χ3v) is 6.08. The molecule has 0 aromatic heterocycles. The zero-order chi connectivity index (χ0) is 20.1. The van der Waals surface area contributed by atoms with Gasteiger partial charge in [-0.3, -0.25) is 4.79 Å². The van der Waals surface area contributed by atoms with Crippen molar-refractivity contribution in [2.75, 3.05) is 34.7 Å². The number of carbonyl (C=O) groups is 1. The lowest BCUT2D eigenvalue weighted by molar-refractivity contribution is -0.141. The smallest absolute Gasteiger partial charge is 0.310 e. The second-order valence-electron chi connectivity index (χ2n) is 7.46. The van der Waals surface area contributed by atoms with Gasteiger partial charge in [-0.05, 0) is 47.4 Å². The summed E-state index contributed by atoms with van der Waals surface area (Å²) in [6.45, 7) is 0.639. The molecule has 2 aliphatic heterocycles. The highest BCUT2D eigenvalue weighted by molar-refractivity contribution is 5.78. The van der Waals surface area contributed by atoms with Crippen molar-refractivity contribution in [3.8, 4) is 28.7 Å². The maximum atomic E-state index is 12.7. The molecule has 29 heavy (non-hydrogen) atoms. The summed E-state index contributed by atoms with van der Waals surface area (Å²) < 4.78 is 33.2. The molecule has 1 aliphatic carbocycles. The average Bonchev–Trinajstić information content (AvgIpc) is 3.35. The van der Waals surface area contributed by atoms with Crippen LogP contribution in [0, 0.1) is 11.8 Å². The first-order valence-corrected chi connectivity index (χ1v) is 9.53. The Hall–Kier alpha value is -3.09.